The summed E-state index contributed by atoms with van der Waals surface area (Å²) < 4.78 is 1.84. The summed E-state index contributed by atoms with van der Waals surface area (Å²) in [4.78, 5) is 12.5. The second-order valence-corrected chi connectivity index (χ2v) is 5.82. The highest BCUT2D eigenvalue weighted by Crippen LogP contribution is 2.31. The Labute approximate surface area is 128 Å². The van der Waals surface area contributed by atoms with Crippen LogP contribution in [0, 0.1) is 0 Å². The molecular formula is C19H17NO2. The summed E-state index contributed by atoms with van der Waals surface area (Å²) in [5.41, 5.74) is 3.67. The molecule has 0 bridgehead atoms. The molecule has 4 rings (SSSR count). The average molecular weight is 291 g/mol. The van der Waals surface area contributed by atoms with Crippen LogP contribution in [0.25, 0.3) is 10.9 Å². The molecule has 0 radical (unpaired) electrons. The predicted molar refractivity (Wildman–Crippen MR) is 87.0 cm³/mol. The van der Waals surface area contributed by atoms with Gasteiger partial charge >= 0.3 is 0 Å². The fourth-order valence-corrected chi connectivity index (χ4v) is 3.43. The Balaban J connectivity index is 2.01. The summed E-state index contributed by atoms with van der Waals surface area (Å²) in [6.07, 6.45) is 1.20. The van der Waals surface area contributed by atoms with Gasteiger partial charge < -0.3 is 9.67 Å². The molecule has 0 fully saturated rings. The molecule has 0 saturated heterocycles. The summed E-state index contributed by atoms with van der Waals surface area (Å²) in [6, 6.07) is 17.2. The Morgan fingerprint density at radius 2 is 1.86 bits per heavy atom. The lowest BCUT2D eigenvalue weighted by molar-refractivity contribution is 0.221. The summed E-state index contributed by atoms with van der Waals surface area (Å²) >= 11 is 0. The van der Waals surface area contributed by atoms with Crippen molar-refractivity contribution in [1.82, 2.24) is 4.57 Å². The van der Waals surface area contributed by atoms with Crippen LogP contribution in [-0.2, 0) is 13.0 Å². The van der Waals surface area contributed by atoms with Gasteiger partial charge in [0.1, 0.15) is 6.10 Å². The Morgan fingerprint density at radius 1 is 1.05 bits per heavy atom. The maximum atomic E-state index is 12.5. The molecule has 2 heterocycles. The van der Waals surface area contributed by atoms with Crippen LogP contribution in [0.15, 0.2) is 59.4 Å². The second-order valence-electron chi connectivity index (χ2n) is 5.82. The highest BCUT2D eigenvalue weighted by atomic mass is 16.3. The van der Waals surface area contributed by atoms with Crippen molar-refractivity contribution in [2.75, 3.05) is 0 Å². The van der Waals surface area contributed by atoms with E-state index in [4.69, 9.17) is 0 Å². The first-order chi connectivity index (χ1) is 10.8. The predicted octanol–water partition coefficient (Wildman–Crippen LogP) is 3.03. The van der Waals surface area contributed by atoms with Crippen molar-refractivity contribution in [2.45, 2.75) is 25.5 Å². The van der Waals surface area contributed by atoms with E-state index >= 15 is 0 Å². The van der Waals surface area contributed by atoms with E-state index in [0.717, 1.165) is 35.9 Å². The molecular weight excluding hydrogens is 274 g/mol. The first kappa shape index (κ1) is 13.3. The summed E-state index contributed by atoms with van der Waals surface area (Å²) in [5.74, 6) is 0. The number of hydrogen-bond acceptors (Lipinski definition) is 2. The summed E-state index contributed by atoms with van der Waals surface area (Å²) in [5, 5.41) is 11.7. The Morgan fingerprint density at radius 3 is 2.68 bits per heavy atom. The Bertz CT molecular complexity index is 896. The van der Waals surface area contributed by atoms with Gasteiger partial charge in [0.25, 0.3) is 5.56 Å². The minimum atomic E-state index is -0.777. The third-order valence-corrected chi connectivity index (χ3v) is 4.48. The third kappa shape index (κ3) is 1.97. The van der Waals surface area contributed by atoms with Crippen molar-refractivity contribution in [3.63, 3.8) is 0 Å². The van der Waals surface area contributed by atoms with Crippen molar-refractivity contribution >= 4 is 10.9 Å². The molecule has 1 aromatic heterocycles. The van der Waals surface area contributed by atoms with Crippen LogP contribution < -0.4 is 5.56 Å². The van der Waals surface area contributed by atoms with Gasteiger partial charge in [-0.25, -0.2) is 0 Å². The van der Waals surface area contributed by atoms with Gasteiger partial charge in [-0.2, -0.15) is 0 Å². The molecule has 0 amide bonds. The van der Waals surface area contributed by atoms with E-state index in [1.807, 2.05) is 47.0 Å². The molecule has 3 nitrogen and oxygen atoms in total. The topological polar surface area (TPSA) is 42.2 Å². The van der Waals surface area contributed by atoms with E-state index < -0.39 is 6.10 Å². The highest BCUT2D eigenvalue weighted by Gasteiger charge is 2.20. The lowest BCUT2D eigenvalue weighted by Crippen LogP contribution is -2.25. The van der Waals surface area contributed by atoms with Crippen LogP contribution in [0.3, 0.4) is 0 Å². The van der Waals surface area contributed by atoms with Gasteiger partial charge in [0, 0.05) is 18.0 Å². The molecule has 1 unspecified atom stereocenters. The maximum Gasteiger partial charge on any atom is 0.251 e. The number of hydrogen-bond donors (Lipinski definition) is 1. The van der Waals surface area contributed by atoms with Crippen LogP contribution in [0.1, 0.15) is 29.2 Å². The second kappa shape index (κ2) is 5.11. The number of para-hydroxylation sites is 1. The summed E-state index contributed by atoms with van der Waals surface area (Å²) in [7, 11) is 0. The van der Waals surface area contributed by atoms with Crippen molar-refractivity contribution in [3.05, 3.63) is 81.6 Å². The smallest absolute Gasteiger partial charge is 0.251 e. The van der Waals surface area contributed by atoms with Crippen molar-refractivity contribution < 1.29 is 5.11 Å². The molecule has 1 aliphatic heterocycles. The molecule has 1 atom stereocenters. The number of nitrogens with zero attached hydrogens (tertiary/aromatic N) is 1. The lowest BCUT2D eigenvalue weighted by atomic mass is 9.94. The fraction of sp³-hybridized carbons (Fsp3) is 0.211. The zero-order valence-electron chi connectivity index (χ0n) is 12.2. The van der Waals surface area contributed by atoms with Crippen LogP contribution >= 0.6 is 0 Å². The van der Waals surface area contributed by atoms with Gasteiger partial charge in [0.05, 0.1) is 5.52 Å². The van der Waals surface area contributed by atoms with Crippen LogP contribution in [0.4, 0.5) is 0 Å². The third-order valence-electron chi connectivity index (χ3n) is 4.48. The number of rotatable bonds is 2. The minimum Gasteiger partial charge on any atom is -0.384 e. The van der Waals surface area contributed by atoms with E-state index in [1.54, 1.807) is 6.07 Å². The molecule has 3 aromatic rings. The van der Waals surface area contributed by atoms with Gasteiger partial charge in [-0.05, 0) is 29.5 Å². The first-order valence-corrected chi connectivity index (χ1v) is 7.64. The average Bonchev–Trinajstić information content (AvgIpc) is 2.58. The summed E-state index contributed by atoms with van der Waals surface area (Å²) in [6.45, 7) is 0.758. The monoisotopic (exact) mass is 291 g/mol. The highest BCUT2D eigenvalue weighted by molar-refractivity contribution is 5.86. The molecule has 1 aliphatic rings. The standard InChI is InChI=1S/C19H17NO2/c21-17-12-16(19(22)14-6-2-1-3-7-14)15-10-4-8-13-9-5-11-20(17)18(13)15/h1-4,6-8,10,12,19,22H,5,9,11H2. The quantitative estimate of drug-likeness (QED) is 0.788. The fourth-order valence-electron chi connectivity index (χ4n) is 3.43. The zero-order chi connectivity index (χ0) is 15.1. The van der Waals surface area contributed by atoms with E-state index in [1.165, 1.54) is 5.56 Å². The van der Waals surface area contributed by atoms with Gasteiger partial charge in [-0.3, -0.25) is 4.79 Å². The van der Waals surface area contributed by atoms with Gasteiger partial charge in [-0.15, -0.1) is 0 Å². The van der Waals surface area contributed by atoms with Gasteiger partial charge in [0.15, 0.2) is 0 Å². The van der Waals surface area contributed by atoms with Crippen LogP contribution in [0.5, 0.6) is 0 Å². The van der Waals surface area contributed by atoms with Gasteiger partial charge in [0.2, 0.25) is 0 Å². The Hall–Kier alpha value is -2.39. The minimum absolute atomic E-state index is 0.0235. The molecule has 0 aliphatic carbocycles. The van der Waals surface area contributed by atoms with E-state index in [-0.39, 0.29) is 5.56 Å². The normalized spacial score (nSPS) is 15.0. The van der Waals surface area contributed by atoms with Crippen molar-refractivity contribution in [1.29, 1.82) is 0 Å². The number of aromatic nitrogens is 1. The molecule has 0 saturated carbocycles. The molecule has 2 aromatic carbocycles. The molecule has 110 valence electrons. The number of pyridine rings is 1. The molecule has 1 N–H and O–H groups in total. The largest absolute Gasteiger partial charge is 0.384 e. The zero-order valence-corrected chi connectivity index (χ0v) is 12.2. The van der Waals surface area contributed by atoms with Crippen LogP contribution in [-0.4, -0.2) is 9.67 Å². The Kier molecular flexibility index (Phi) is 3.09. The van der Waals surface area contributed by atoms with Gasteiger partial charge in [-0.1, -0.05) is 48.5 Å². The number of aryl methyl sites for hydroxylation is 2. The molecule has 22 heavy (non-hydrogen) atoms. The van der Waals surface area contributed by atoms with Crippen molar-refractivity contribution in [3.8, 4) is 0 Å². The van der Waals surface area contributed by atoms with E-state index in [2.05, 4.69) is 6.07 Å². The molecule has 0 spiro atoms. The number of aliphatic hydroxyl groups is 1. The van der Waals surface area contributed by atoms with Crippen LogP contribution in [0.2, 0.25) is 0 Å². The number of aliphatic hydroxyl groups excluding tert-OH is 1. The lowest BCUT2D eigenvalue weighted by Gasteiger charge is -2.22. The van der Waals surface area contributed by atoms with E-state index in [9.17, 15) is 9.90 Å². The SMILES string of the molecule is O=c1cc(C(O)c2ccccc2)c2cccc3c2n1CCC3. The maximum absolute atomic E-state index is 12.5. The van der Waals surface area contributed by atoms with Crippen molar-refractivity contribution in [2.24, 2.45) is 0 Å². The first-order valence-electron chi connectivity index (χ1n) is 7.64. The molecule has 3 heteroatoms. The number of benzene rings is 2. The van der Waals surface area contributed by atoms with E-state index in [0.29, 0.717) is 5.56 Å².